The van der Waals surface area contributed by atoms with Gasteiger partial charge in [0.05, 0.1) is 0 Å². The highest BCUT2D eigenvalue weighted by molar-refractivity contribution is 6.30. The van der Waals surface area contributed by atoms with Crippen LogP contribution in [0, 0.1) is 0 Å². The second-order valence-electron chi connectivity index (χ2n) is 0.346. The van der Waals surface area contributed by atoms with Crippen LogP contribution < -0.4 is 0 Å². The Morgan fingerprint density at radius 2 is 0.833 bits per heavy atom. The molecule has 0 aromatic heterocycles. The standard InChI is InChI=1S/BH3O3.2ClH/c2-1(3)4;;/h2-4H;2*1H. The highest BCUT2D eigenvalue weighted by Crippen LogP contribution is 1.40. The molecule has 0 aliphatic carbocycles. The Hall–Kier alpha value is 0.525. The molecule has 0 saturated heterocycles. The summed E-state index contributed by atoms with van der Waals surface area (Å²) in [6.45, 7) is 0. The number of hydrogen-bond acceptors (Lipinski definition) is 3. The van der Waals surface area contributed by atoms with Crippen LogP contribution in [0.1, 0.15) is 0 Å². The molecule has 6 heavy (non-hydrogen) atoms. The van der Waals surface area contributed by atoms with Gasteiger partial charge in [-0.15, -0.1) is 24.8 Å². The predicted octanol–water partition coefficient (Wildman–Crippen LogP) is -1.21. The highest BCUT2D eigenvalue weighted by atomic mass is 35.5. The van der Waals surface area contributed by atoms with Crippen molar-refractivity contribution in [1.82, 2.24) is 0 Å². The Morgan fingerprint density at radius 1 is 0.833 bits per heavy atom. The molecular weight excluding hydrogens is 130 g/mol. The summed E-state index contributed by atoms with van der Waals surface area (Å²) in [5, 5.41) is 21.5. The average molecular weight is 135 g/mol. The second-order valence-corrected chi connectivity index (χ2v) is 0.346. The maximum Gasteiger partial charge on any atom is 0.631 e. The highest BCUT2D eigenvalue weighted by Gasteiger charge is 1.92. The third-order valence-electron chi connectivity index (χ3n) is 0. The van der Waals surface area contributed by atoms with Gasteiger partial charge in [0.1, 0.15) is 0 Å². The summed E-state index contributed by atoms with van der Waals surface area (Å²) in [5.41, 5.74) is 0. The summed E-state index contributed by atoms with van der Waals surface area (Å²) in [4.78, 5) is 0. The third-order valence-corrected chi connectivity index (χ3v) is 0. The maximum absolute atomic E-state index is 7.17. The lowest BCUT2D eigenvalue weighted by atomic mass is 10.3. The monoisotopic (exact) mass is 134 g/mol. The first-order chi connectivity index (χ1) is 1.73. The molecule has 0 bridgehead atoms. The van der Waals surface area contributed by atoms with Crippen LogP contribution in [0.4, 0.5) is 0 Å². The summed E-state index contributed by atoms with van der Waals surface area (Å²) >= 11 is 0. The van der Waals surface area contributed by atoms with Crippen LogP contribution in [-0.2, 0) is 0 Å². The van der Waals surface area contributed by atoms with Crippen molar-refractivity contribution >= 4 is 32.1 Å². The molecule has 0 amide bonds. The molecule has 0 aliphatic rings. The first-order valence-electron chi connectivity index (χ1n) is 0.775. The van der Waals surface area contributed by atoms with E-state index in [1.807, 2.05) is 0 Å². The average Bonchev–Trinajstić information content (AvgIpc) is 0.811. The van der Waals surface area contributed by atoms with Crippen molar-refractivity contribution in [3.05, 3.63) is 0 Å². The second kappa shape index (κ2) is 9.10. The lowest BCUT2D eigenvalue weighted by Gasteiger charge is -1.69. The molecule has 3 nitrogen and oxygen atoms in total. The van der Waals surface area contributed by atoms with E-state index in [1.165, 1.54) is 0 Å². The minimum absolute atomic E-state index is 0. The predicted molar refractivity (Wildman–Crippen MR) is 26.9 cm³/mol. The fraction of sp³-hybridized carbons (Fsp3) is 0. The summed E-state index contributed by atoms with van der Waals surface area (Å²) < 4.78 is 0. The fourth-order valence-corrected chi connectivity index (χ4v) is 0. The van der Waals surface area contributed by atoms with Gasteiger partial charge in [0.15, 0.2) is 0 Å². The largest absolute Gasteiger partial charge is 0.631 e. The Kier molecular flexibility index (Phi) is 24.3. The van der Waals surface area contributed by atoms with Crippen molar-refractivity contribution in [1.29, 1.82) is 0 Å². The molecule has 0 aromatic carbocycles. The smallest absolute Gasteiger partial charge is 0.402 e. The molecule has 0 heterocycles. The number of halogens is 2. The van der Waals surface area contributed by atoms with Crippen LogP contribution in [0.5, 0.6) is 0 Å². The Labute approximate surface area is 48.0 Å². The zero-order valence-electron chi connectivity index (χ0n) is 2.74. The van der Waals surface area contributed by atoms with Crippen LogP contribution in [-0.4, -0.2) is 22.4 Å². The zero-order chi connectivity index (χ0) is 3.58. The first-order valence-corrected chi connectivity index (χ1v) is 0.775. The van der Waals surface area contributed by atoms with E-state index >= 15 is 0 Å². The zero-order valence-corrected chi connectivity index (χ0v) is 4.37. The van der Waals surface area contributed by atoms with E-state index in [1.54, 1.807) is 0 Å². The molecule has 0 aliphatic heterocycles. The maximum atomic E-state index is 7.17. The van der Waals surface area contributed by atoms with E-state index in [0.29, 0.717) is 0 Å². The summed E-state index contributed by atoms with van der Waals surface area (Å²) in [5.74, 6) is 0. The molecule has 0 atom stereocenters. The fourth-order valence-electron chi connectivity index (χ4n) is 0. The molecule has 0 spiro atoms. The van der Waals surface area contributed by atoms with Gasteiger partial charge in [-0.05, 0) is 0 Å². The van der Waals surface area contributed by atoms with E-state index in [-0.39, 0.29) is 24.8 Å². The first kappa shape index (κ1) is 16.0. The normalized spacial score (nSPS) is 4.50. The lowest BCUT2D eigenvalue weighted by molar-refractivity contribution is 0.278. The van der Waals surface area contributed by atoms with Crippen LogP contribution in [0.25, 0.3) is 0 Å². The molecule has 3 N–H and O–H groups in total. The van der Waals surface area contributed by atoms with E-state index < -0.39 is 7.32 Å². The van der Waals surface area contributed by atoms with Crippen molar-refractivity contribution in [2.75, 3.05) is 0 Å². The minimum Gasteiger partial charge on any atom is -0.402 e. The van der Waals surface area contributed by atoms with Gasteiger partial charge >= 0.3 is 7.32 Å². The van der Waals surface area contributed by atoms with Gasteiger partial charge in [0.25, 0.3) is 0 Å². The molecular formula is H5BCl2O3. The van der Waals surface area contributed by atoms with Gasteiger partial charge < -0.3 is 15.1 Å². The van der Waals surface area contributed by atoms with Gasteiger partial charge in [-0.3, -0.25) is 0 Å². The lowest BCUT2D eigenvalue weighted by Crippen LogP contribution is -2.07. The summed E-state index contributed by atoms with van der Waals surface area (Å²) in [7, 11) is -2.17. The van der Waals surface area contributed by atoms with Crippen LogP contribution in [0.3, 0.4) is 0 Å². The van der Waals surface area contributed by atoms with Gasteiger partial charge in [-0.25, -0.2) is 0 Å². The van der Waals surface area contributed by atoms with E-state index in [2.05, 4.69) is 0 Å². The molecule has 0 saturated carbocycles. The SMILES string of the molecule is Cl.Cl.OB(O)O. The van der Waals surface area contributed by atoms with Crippen molar-refractivity contribution in [3.8, 4) is 0 Å². The Bertz CT molecular complexity index is 13.5. The quantitative estimate of drug-likeness (QED) is 0.365. The van der Waals surface area contributed by atoms with Crippen LogP contribution >= 0.6 is 24.8 Å². The number of rotatable bonds is 0. The molecule has 0 aromatic rings. The van der Waals surface area contributed by atoms with E-state index in [4.69, 9.17) is 15.1 Å². The van der Waals surface area contributed by atoms with E-state index in [9.17, 15) is 0 Å². The molecule has 40 valence electrons. The van der Waals surface area contributed by atoms with Crippen molar-refractivity contribution in [2.24, 2.45) is 0 Å². The summed E-state index contributed by atoms with van der Waals surface area (Å²) in [6, 6.07) is 0. The van der Waals surface area contributed by atoms with Crippen molar-refractivity contribution in [3.63, 3.8) is 0 Å². The van der Waals surface area contributed by atoms with Gasteiger partial charge in [0.2, 0.25) is 0 Å². The van der Waals surface area contributed by atoms with E-state index in [0.717, 1.165) is 0 Å². The van der Waals surface area contributed by atoms with Gasteiger partial charge in [-0.1, -0.05) is 0 Å². The molecule has 0 unspecified atom stereocenters. The Balaban J connectivity index is -0.0000000450. The molecule has 0 radical (unpaired) electrons. The molecule has 0 fully saturated rings. The van der Waals surface area contributed by atoms with Crippen molar-refractivity contribution in [2.45, 2.75) is 0 Å². The van der Waals surface area contributed by atoms with Gasteiger partial charge in [0, 0.05) is 0 Å². The third kappa shape index (κ3) is 204. The van der Waals surface area contributed by atoms with Gasteiger partial charge in [-0.2, -0.15) is 0 Å². The topological polar surface area (TPSA) is 60.7 Å². The Morgan fingerprint density at radius 3 is 0.833 bits per heavy atom. The summed E-state index contributed by atoms with van der Waals surface area (Å²) in [6.07, 6.45) is 0. The molecule has 6 heteroatoms. The number of hydrogen-bond donors (Lipinski definition) is 3. The minimum atomic E-state index is -2.17. The molecule has 0 rings (SSSR count). The van der Waals surface area contributed by atoms with Crippen LogP contribution in [0.15, 0.2) is 0 Å². The van der Waals surface area contributed by atoms with Crippen LogP contribution in [0.2, 0.25) is 0 Å². The van der Waals surface area contributed by atoms with Crippen molar-refractivity contribution < 1.29 is 15.1 Å².